The van der Waals surface area contributed by atoms with Crippen LogP contribution in [0.1, 0.15) is 6.42 Å². The van der Waals surface area contributed by atoms with Crippen molar-refractivity contribution in [1.82, 2.24) is 9.97 Å². The first-order valence-electron chi connectivity index (χ1n) is 5.25. The molecule has 0 saturated carbocycles. The second-order valence-corrected chi connectivity index (χ2v) is 3.37. The molecule has 0 fully saturated rings. The van der Waals surface area contributed by atoms with Crippen LogP contribution >= 0.6 is 0 Å². The molecule has 0 aliphatic carbocycles. The Bertz CT molecular complexity index is 344. The van der Waals surface area contributed by atoms with E-state index in [0.29, 0.717) is 32.1 Å². The first-order chi connectivity index (χ1) is 8.27. The Hall–Kier alpha value is -1.89. The van der Waals surface area contributed by atoms with Gasteiger partial charge in [0, 0.05) is 39.0 Å². The van der Waals surface area contributed by atoms with E-state index in [0.717, 1.165) is 0 Å². The second kappa shape index (κ2) is 7.39. The van der Waals surface area contributed by atoms with Crippen LogP contribution in [0.2, 0.25) is 0 Å². The average molecular weight is 239 g/mol. The molecule has 3 N–H and O–H groups in total. The van der Waals surface area contributed by atoms with Crippen LogP contribution in [-0.4, -0.2) is 47.8 Å². The quantitative estimate of drug-likeness (QED) is 0.302. The molecular weight excluding hydrogens is 222 g/mol. The van der Waals surface area contributed by atoms with Gasteiger partial charge in [-0.1, -0.05) is 5.16 Å². The van der Waals surface area contributed by atoms with Gasteiger partial charge in [0.05, 0.1) is 6.61 Å². The molecule has 0 unspecified atom stereocenters. The minimum absolute atomic E-state index is 0.184. The number of methoxy groups -OCH3 is 1. The lowest BCUT2D eigenvalue weighted by atomic mass is 10.3. The molecule has 1 aromatic heterocycles. The fraction of sp³-hybridized carbons (Fsp3) is 0.500. The van der Waals surface area contributed by atoms with Gasteiger partial charge in [-0.3, -0.25) is 0 Å². The number of anilines is 1. The maximum Gasteiger partial charge on any atom is 0.225 e. The van der Waals surface area contributed by atoms with Crippen molar-refractivity contribution >= 4 is 11.8 Å². The summed E-state index contributed by atoms with van der Waals surface area (Å²) in [6.45, 7) is 1.79. The molecule has 0 atom stereocenters. The summed E-state index contributed by atoms with van der Waals surface area (Å²) in [6.07, 6.45) is 3.79. The normalized spacial score (nSPS) is 11.5. The average Bonchev–Trinajstić information content (AvgIpc) is 2.39. The molecule has 0 spiro atoms. The molecule has 0 bridgehead atoms. The van der Waals surface area contributed by atoms with Gasteiger partial charge in [0.25, 0.3) is 0 Å². The molecule has 1 rings (SSSR count). The topological polar surface area (TPSA) is 96.9 Å². The monoisotopic (exact) mass is 239 g/mol. The predicted octanol–water partition coefficient (Wildman–Crippen LogP) is 0.0659. The van der Waals surface area contributed by atoms with Crippen molar-refractivity contribution < 1.29 is 9.94 Å². The number of rotatable bonds is 7. The molecule has 0 aliphatic rings. The van der Waals surface area contributed by atoms with Crippen LogP contribution in [0.15, 0.2) is 23.6 Å². The van der Waals surface area contributed by atoms with Gasteiger partial charge in [0.2, 0.25) is 5.95 Å². The van der Waals surface area contributed by atoms with Crippen molar-refractivity contribution in [1.29, 1.82) is 0 Å². The molecule has 1 aromatic rings. The van der Waals surface area contributed by atoms with E-state index in [1.807, 2.05) is 4.90 Å². The Morgan fingerprint density at radius 2 is 2.18 bits per heavy atom. The van der Waals surface area contributed by atoms with Crippen molar-refractivity contribution in [3.63, 3.8) is 0 Å². The van der Waals surface area contributed by atoms with E-state index in [4.69, 9.17) is 15.7 Å². The Morgan fingerprint density at radius 3 is 2.76 bits per heavy atom. The Balaban J connectivity index is 2.61. The number of amidine groups is 1. The summed E-state index contributed by atoms with van der Waals surface area (Å²) < 4.78 is 5.02. The zero-order valence-corrected chi connectivity index (χ0v) is 9.78. The van der Waals surface area contributed by atoms with Gasteiger partial charge >= 0.3 is 0 Å². The van der Waals surface area contributed by atoms with E-state index in [1.165, 1.54) is 0 Å². The zero-order chi connectivity index (χ0) is 12.5. The Kier molecular flexibility index (Phi) is 5.73. The Morgan fingerprint density at radius 1 is 1.47 bits per heavy atom. The molecule has 0 radical (unpaired) electrons. The summed E-state index contributed by atoms with van der Waals surface area (Å²) in [7, 11) is 1.63. The third-order valence-corrected chi connectivity index (χ3v) is 2.17. The highest BCUT2D eigenvalue weighted by molar-refractivity contribution is 5.80. The molecule has 7 nitrogen and oxygen atoms in total. The summed E-state index contributed by atoms with van der Waals surface area (Å²) in [5, 5.41) is 11.4. The number of nitrogens with zero attached hydrogens (tertiary/aromatic N) is 4. The highest BCUT2D eigenvalue weighted by Gasteiger charge is 2.09. The summed E-state index contributed by atoms with van der Waals surface area (Å²) in [4.78, 5) is 10.2. The standard InChI is InChI=1S/C10H17N5O2/c1-17-8-7-15(6-3-9(11)14-16)10-12-4-2-5-13-10/h2,4-5,16H,3,6-8H2,1H3,(H2,11,14). The number of nitrogens with two attached hydrogens (primary N) is 1. The smallest absolute Gasteiger partial charge is 0.225 e. The summed E-state index contributed by atoms with van der Waals surface area (Å²) in [6, 6.07) is 1.75. The van der Waals surface area contributed by atoms with Crippen molar-refractivity contribution in [2.75, 3.05) is 31.7 Å². The van der Waals surface area contributed by atoms with Gasteiger partial charge in [0.15, 0.2) is 0 Å². The number of ether oxygens (including phenoxy) is 1. The maximum atomic E-state index is 8.48. The molecule has 94 valence electrons. The van der Waals surface area contributed by atoms with E-state index < -0.39 is 0 Å². The van der Waals surface area contributed by atoms with Crippen molar-refractivity contribution in [2.24, 2.45) is 10.9 Å². The zero-order valence-electron chi connectivity index (χ0n) is 9.78. The van der Waals surface area contributed by atoms with Crippen LogP contribution in [0.25, 0.3) is 0 Å². The minimum atomic E-state index is 0.184. The third kappa shape index (κ3) is 4.64. The van der Waals surface area contributed by atoms with Gasteiger partial charge < -0.3 is 20.6 Å². The molecule has 0 aromatic carbocycles. The molecule has 0 amide bonds. The highest BCUT2D eigenvalue weighted by atomic mass is 16.5. The van der Waals surface area contributed by atoms with Crippen molar-refractivity contribution in [2.45, 2.75) is 6.42 Å². The second-order valence-electron chi connectivity index (χ2n) is 3.37. The summed E-state index contributed by atoms with van der Waals surface area (Å²) >= 11 is 0. The highest BCUT2D eigenvalue weighted by Crippen LogP contribution is 2.05. The van der Waals surface area contributed by atoms with E-state index in [1.54, 1.807) is 25.6 Å². The minimum Gasteiger partial charge on any atom is -0.409 e. The number of hydrogen-bond donors (Lipinski definition) is 2. The van der Waals surface area contributed by atoms with Gasteiger partial charge in [0.1, 0.15) is 5.84 Å². The Labute approximate surface area is 99.9 Å². The van der Waals surface area contributed by atoms with Gasteiger partial charge in [-0.15, -0.1) is 0 Å². The van der Waals surface area contributed by atoms with E-state index in [-0.39, 0.29) is 5.84 Å². The van der Waals surface area contributed by atoms with Crippen LogP contribution in [0, 0.1) is 0 Å². The lowest BCUT2D eigenvalue weighted by Crippen LogP contribution is -2.32. The molecular formula is C10H17N5O2. The van der Waals surface area contributed by atoms with E-state index in [2.05, 4.69) is 15.1 Å². The number of oxime groups is 1. The molecule has 17 heavy (non-hydrogen) atoms. The van der Waals surface area contributed by atoms with Crippen LogP contribution in [-0.2, 0) is 4.74 Å². The van der Waals surface area contributed by atoms with Crippen LogP contribution in [0.3, 0.4) is 0 Å². The first kappa shape index (κ1) is 13.2. The van der Waals surface area contributed by atoms with Gasteiger partial charge in [-0.2, -0.15) is 0 Å². The summed E-state index contributed by atoms with van der Waals surface area (Å²) in [5.41, 5.74) is 5.43. The summed E-state index contributed by atoms with van der Waals surface area (Å²) in [5.74, 6) is 0.790. The van der Waals surface area contributed by atoms with Crippen LogP contribution in [0.4, 0.5) is 5.95 Å². The number of aromatic nitrogens is 2. The molecule has 0 saturated heterocycles. The first-order valence-corrected chi connectivity index (χ1v) is 5.25. The van der Waals surface area contributed by atoms with E-state index in [9.17, 15) is 0 Å². The van der Waals surface area contributed by atoms with E-state index >= 15 is 0 Å². The fourth-order valence-corrected chi connectivity index (χ4v) is 1.27. The number of hydrogen-bond acceptors (Lipinski definition) is 6. The predicted molar refractivity (Wildman–Crippen MR) is 64.1 cm³/mol. The van der Waals surface area contributed by atoms with Crippen LogP contribution in [0.5, 0.6) is 0 Å². The maximum absolute atomic E-state index is 8.48. The molecule has 1 heterocycles. The largest absolute Gasteiger partial charge is 0.409 e. The van der Waals surface area contributed by atoms with Crippen molar-refractivity contribution in [3.05, 3.63) is 18.5 Å². The molecule has 0 aliphatic heterocycles. The SMILES string of the molecule is COCCN(CCC(N)=NO)c1ncccn1. The van der Waals surface area contributed by atoms with Crippen LogP contribution < -0.4 is 10.6 Å². The van der Waals surface area contributed by atoms with Gasteiger partial charge in [-0.25, -0.2) is 9.97 Å². The lowest BCUT2D eigenvalue weighted by Gasteiger charge is -2.21. The lowest BCUT2D eigenvalue weighted by molar-refractivity contribution is 0.205. The molecule has 7 heteroatoms. The van der Waals surface area contributed by atoms with Crippen molar-refractivity contribution in [3.8, 4) is 0 Å². The van der Waals surface area contributed by atoms with Gasteiger partial charge in [-0.05, 0) is 6.07 Å². The fourth-order valence-electron chi connectivity index (χ4n) is 1.27. The third-order valence-electron chi connectivity index (χ3n) is 2.17.